The lowest BCUT2D eigenvalue weighted by Gasteiger charge is -2.25. The number of nitrogens with zero attached hydrogens (tertiary/aromatic N) is 1. The van der Waals surface area contributed by atoms with Gasteiger partial charge in [0.05, 0.1) is 39.9 Å². The lowest BCUT2D eigenvalue weighted by Crippen LogP contribution is -2.45. The van der Waals surface area contributed by atoms with E-state index in [9.17, 15) is 19.4 Å². The standard InChI is InChI=1S/C58H113N2O6P/c1-6-8-10-12-14-16-18-20-22-24-25-26-27-28-29-30-31-32-33-34-36-38-40-42-44-46-48-50-52-58(62)59-56(55-66-67(63,64)65-54-53-60(3,4)5)57(61)51-49-47-45-43-41-39-37-35-23-21-19-17-15-13-11-9-7-2/h28-29,41,43,49,51,56-57,61H,6-27,30-40,42,44-48,50,52-55H2,1-5H3,(H-,59,62,63,64)/p+1/b29-28-,43-41+,51-49+. The Morgan fingerprint density at radius 1 is 0.493 bits per heavy atom. The van der Waals surface area contributed by atoms with Gasteiger partial charge in [0.15, 0.2) is 0 Å². The molecule has 0 aromatic carbocycles. The number of rotatable bonds is 53. The molecule has 0 saturated heterocycles. The van der Waals surface area contributed by atoms with Gasteiger partial charge in [0.2, 0.25) is 5.91 Å². The molecule has 0 aromatic rings. The summed E-state index contributed by atoms with van der Waals surface area (Å²) in [5.74, 6) is -0.184. The maximum absolute atomic E-state index is 13.0. The van der Waals surface area contributed by atoms with Gasteiger partial charge in [-0.25, -0.2) is 4.57 Å². The van der Waals surface area contributed by atoms with Crippen LogP contribution in [-0.4, -0.2) is 73.4 Å². The summed E-state index contributed by atoms with van der Waals surface area (Å²) in [6.07, 6.45) is 64.0. The second-order valence-electron chi connectivity index (χ2n) is 21.0. The van der Waals surface area contributed by atoms with E-state index in [2.05, 4.69) is 43.5 Å². The van der Waals surface area contributed by atoms with Crippen molar-refractivity contribution in [3.63, 3.8) is 0 Å². The monoisotopic (exact) mass is 966 g/mol. The van der Waals surface area contributed by atoms with E-state index in [-0.39, 0.29) is 19.1 Å². The number of carbonyl (C=O) groups is 1. The van der Waals surface area contributed by atoms with Gasteiger partial charge in [-0.2, -0.15) is 0 Å². The fourth-order valence-corrected chi connectivity index (χ4v) is 9.26. The summed E-state index contributed by atoms with van der Waals surface area (Å²) >= 11 is 0. The van der Waals surface area contributed by atoms with Crippen molar-refractivity contribution in [1.29, 1.82) is 0 Å². The Bertz CT molecular complexity index is 1190. The van der Waals surface area contributed by atoms with Gasteiger partial charge in [-0.1, -0.05) is 249 Å². The van der Waals surface area contributed by atoms with Gasteiger partial charge >= 0.3 is 7.82 Å². The minimum atomic E-state index is -4.35. The molecule has 3 unspecified atom stereocenters. The fraction of sp³-hybridized carbons (Fsp3) is 0.879. The summed E-state index contributed by atoms with van der Waals surface area (Å²) in [7, 11) is 1.56. The first-order valence-corrected chi connectivity index (χ1v) is 30.4. The smallest absolute Gasteiger partial charge is 0.387 e. The Morgan fingerprint density at radius 3 is 1.19 bits per heavy atom. The average molecular weight is 967 g/mol. The second-order valence-corrected chi connectivity index (χ2v) is 22.5. The van der Waals surface area contributed by atoms with Crippen LogP contribution in [-0.2, 0) is 18.4 Å². The quantitative estimate of drug-likeness (QED) is 0.0243. The van der Waals surface area contributed by atoms with E-state index in [1.165, 1.54) is 218 Å². The summed E-state index contributed by atoms with van der Waals surface area (Å²) in [6.45, 7) is 4.82. The maximum atomic E-state index is 13.0. The van der Waals surface area contributed by atoms with Crippen molar-refractivity contribution in [2.75, 3.05) is 40.9 Å². The van der Waals surface area contributed by atoms with Crippen molar-refractivity contribution in [3.05, 3.63) is 36.5 Å². The Hall–Kier alpha value is -1.28. The molecular formula is C58H114N2O6P+. The number of hydrogen-bond acceptors (Lipinski definition) is 5. The number of amides is 1. The Labute approximate surface area is 417 Å². The highest BCUT2D eigenvalue weighted by atomic mass is 31.2. The van der Waals surface area contributed by atoms with Crippen LogP contribution in [0.4, 0.5) is 0 Å². The van der Waals surface area contributed by atoms with Crippen LogP contribution in [0.1, 0.15) is 277 Å². The first-order chi connectivity index (χ1) is 32.5. The number of phosphoric ester groups is 1. The average Bonchev–Trinajstić information content (AvgIpc) is 3.29. The molecule has 0 radical (unpaired) electrons. The van der Waals surface area contributed by atoms with E-state index in [0.29, 0.717) is 17.4 Å². The van der Waals surface area contributed by atoms with Crippen LogP contribution < -0.4 is 5.32 Å². The molecule has 0 heterocycles. The van der Waals surface area contributed by atoms with Crippen LogP contribution >= 0.6 is 7.82 Å². The second kappa shape index (κ2) is 49.7. The molecule has 67 heavy (non-hydrogen) atoms. The number of carbonyl (C=O) groups excluding carboxylic acids is 1. The predicted octanol–water partition coefficient (Wildman–Crippen LogP) is 17.4. The van der Waals surface area contributed by atoms with Crippen LogP contribution in [0.5, 0.6) is 0 Å². The van der Waals surface area contributed by atoms with Crippen molar-refractivity contribution in [2.45, 2.75) is 289 Å². The normalized spacial score (nSPS) is 14.2. The molecule has 0 saturated carbocycles. The third-order valence-corrected chi connectivity index (χ3v) is 14.1. The molecular weight excluding hydrogens is 852 g/mol. The first-order valence-electron chi connectivity index (χ1n) is 28.9. The van der Waals surface area contributed by atoms with Gasteiger partial charge in [-0.3, -0.25) is 13.8 Å². The van der Waals surface area contributed by atoms with Gasteiger partial charge in [-0.05, 0) is 57.8 Å². The molecule has 0 spiro atoms. The van der Waals surface area contributed by atoms with E-state index >= 15 is 0 Å². The number of aliphatic hydroxyl groups is 1. The Morgan fingerprint density at radius 2 is 0.821 bits per heavy atom. The molecule has 0 aliphatic carbocycles. The lowest BCUT2D eigenvalue weighted by atomic mass is 10.0. The third kappa shape index (κ3) is 52.4. The van der Waals surface area contributed by atoms with Crippen molar-refractivity contribution in [3.8, 4) is 0 Å². The molecule has 9 heteroatoms. The minimum absolute atomic E-state index is 0.0569. The van der Waals surface area contributed by atoms with Gasteiger partial charge < -0.3 is 19.8 Å². The number of phosphoric acid groups is 1. The summed E-state index contributed by atoms with van der Waals surface area (Å²) in [5.41, 5.74) is 0. The molecule has 0 bridgehead atoms. The topological polar surface area (TPSA) is 105 Å². The van der Waals surface area contributed by atoms with Crippen molar-refractivity contribution in [2.24, 2.45) is 0 Å². The first kappa shape index (κ1) is 65.7. The predicted molar refractivity (Wildman–Crippen MR) is 291 cm³/mol. The largest absolute Gasteiger partial charge is 0.472 e. The van der Waals surface area contributed by atoms with Crippen molar-refractivity contribution < 1.29 is 32.9 Å². The van der Waals surface area contributed by atoms with Gasteiger partial charge in [0, 0.05) is 6.42 Å². The Kier molecular flexibility index (Phi) is 48.7. The third-order valence-electron chi connectivity index (χ3n) is 13.1. The molecule has 3 atom stereocenters. The molecule has 8 nitrogen and oxygen atoms in total. The summed E-state index contributed by atoms with van der Waals surface area (Å²) in [6, 6.07) is -0.863. The molecule has 0 rings (SSSR count). The van der Waals surface area contributed by atoms with Gasteiger partial charge in [-0.15, -0.1) is 0 Å². The summed E-state index contributed by atoms with van der Waals surface area (Å²) in [4.78, 5) is 23.3. The SMILES string of the molecule is CCCCCCCCCCCCC/C=C/CC/C=C/C(O)C(COP(=O)(O)OCC[N+](C)(C)C)NC(=O)CCCCCCCCCCCCCC/C=C\CCCCCCCCCCCCCC. The highest BCUT2D eigenvalue weighted by Gasteiger charge is 2.27. The van der Waals surface area contributed by atoms with Crippen LogP contribution in [0.2, 0.25) is 0 Å². The van der Waals surface area contributed by atoms with E-state index < -0.39 is 20.0 Å². The maximum Gasteiger partial charge on any atom is 0.472 e. The molecule has 3 N–H and O–H groups in total. The van der Waals surface area contributed by atoms with E-state index in [1.807, 2.05) is 27.2 Å². The molecule has 0 aliphatic heterocycles. The van der Waals surface area contributed by atoms with Crippen molar-refractivity contribution in [1.82, 2.24) is 5.32 Å². The fourth-order valence-electron chi connectivity index (χ4n) is 8.53. The van der Waals surface area contributed by atoms with Crippen LogP contribution in [0.25, 0.3) is 0 Å². The van der Waals surface area contributed by atoms with Crippen LogP contribution in [0.15, 0.2) is 36.5 Å². The zero-order valence-electron chi connectivity index (χ0n) is 45.2. The van der Waals surface area contributed by atoms with Gasteiger partial charge in [0.1, 0.15) is 13.2 Å². The molecule has 396 valence electrons. The van der Waals surface area contributed by atoms with E-state index in [4.69, 9.17) is 9.05 Å². The highest BCUT2D eigenvalue weighted by molar-refractivity contribution is 7.47. The summed E-state index contributed by atoms with van der Waals surface area (Å²) < 4.78 is 23.7. The van der Waals surface area contributed by atoms with Crippen LogP contribution in [0.3, 0.4) is 0 Å². The summed E-state index contributed by atoms with van der Waals surface area (Å²) in [5, 5.41) is 13.9. The number of aliphatic hydroxyl groups excluding tert-OH is 1. The zero-order valence-corrected chi connectivity index (χ0v) is 46.0. The highest BCUT2D eigenvalue weighted by Crippen LogP contribution is 2.43. The molecule has 0 aromatic heterocycles. The van der Waals surface area contributed by atoms with E-state index in [0.717, 1.165) is 38.5 Å². The number of quaternary nitrogens is 1. The molecule has 0 aliphatic rings. The number of nitrogens with one attached hydrogen (secondary N) is 1. The van der Waals surface area contributed by atoms with Gasteiger partial charge in [0.25, 0.3) is 0 Å². The van der Waals surface area contributed by atoms with E-state index in [1.54, 1.807) is 6.08 Å². The zero-order chi connectivity index (χ0) is 49.2. The lowest BCUT2D eigenvalue weighted by molar-refractivity contribution is -0.870. The number of hydrogen-bond donors (Lipinski definition) is 3. The Balaban J connectivity index is 4.17. The van der Waals surface area contributed by atoms with Crippen molar-refractivity contribution >= 4 is 13.7 Å². The molecule has 0 fully saturated rings. The van der Waals surface area contributed by atoms with Crippen LogP contribution in [0, 0.1) is 0 Å². The minimum Gasteiger partial charge on any atom is -0.387 e. The number of likely N-dealkylation sites (N-methyl/N-ethyl adjacent to an activating group) is 1. The number of allylic oxidation sites excluding steroid dienone is 5. The number of unbranched alkanes of at least 4 members (excludes halogenated alkanes) is 36. The molecule has 1 amide bonds.